The number of carboxylic acids is 1. The Morgan fingerprint density at radius 1 is 1.15 bits per heavy atom. The molecule has 0 bridgehead atoms. The first-order valence-corrected chi connectivity index (χ1v) is 10.8. The molecule has 5 rings (SSSR count). The molecule has 1 saturated heterocycles. The summed E-state index contributed by atoms with van der Waals surface area (Å²) < 4.78 is 33.6. The topological polar surface area (TPSA) is 84.1 Å². The Balaban J connectivity index is 0.000000344. The standard InChI is InChI=1S/C22H23N5.C2HF3O2/c1-16-15-23-21(25-20(16)19-8-12-24-26(19)2)27-13-10-22(11-14-27)9-7-17-5-3-4-6-18(17)22;3-2(4,5)1(6)7/h3-9,12,15H,10-11,13-14H2,1-2H3;(H,6,7). The fourth-order valence-corrected chi connectivity index (χ4v) is 4.43. The van der Waals surface area contributed by atoms with Crippen LogP contribution >= 0.6 is 0 Å². The van der Waals surface area contributed by atoms with Crippen molar-refractivity contribution in [1.82, 2.24) is 19.7 Å². The third-order valence-corrected chi connectivity index (χ3v) is 6.28. The molecule has 7 nitrogen and oxygen atoms in total. The number of piperidine rings is 1. The van der Waals surface area contributed by atoms with E-state index in [-0.39, 0.29) is 5.41 Å². The number of halogens is 3. The van der Waals surface area contributed by atoms with E-state index in [1.165, 1.54) is 11.1 Å². The molecule has 1 aliphatic carbocycles. The maximum absolute atomic E-state index is 10.6. The fourth-order valence-electron chi connectivity index (χ4n) is 4.43. The highest BCUT2D eigenvalue weighted by atomic mass is 19.4. The summed E-state index contributed by atoms with van der Waals surface area (Å²) in [6.45, 7) is 3.98. The molecule has 3 heterocycles. The number of aliphatic carboxylic acids is 1. The first-order valence-electron chi connectivity index (χ1n) is 10.8. The average molecular weight is 471 g/mol. The molecular formula is C24H24F3N5O2. The summed E-state index contributed by atoms with van der Waals surface area (Å²) in [6.07, 6.45) is 5.54. The molecule has 1 spiro atoms. The van der Waals surface area contributed by atoms with E-state index >= 15 is 0 Å². The molecule has 0 saturated carbocycles. The van der Waals surface area contributed by atoms with Crippen molar-refractivity contribution in [2.75, 3.05) is 18.0 Å². The van der Waals surface area contributed by atoms with Gasteiger partial charge in [-0.25, -0.2) is 14.8 Å². The second-order valence-electron chi connectivity index (χ2n) is 8.41. The number of hydrogen-bond donors (Lipinski definition) is 1. The van der Waals surface area contributed by atoms with E-state index in [9.17, 15) is 13.2 Å². The van der Waals surface area contributed by atoms with Crippen LogP contribution in [0.5, 0.6) is 0 Å². The maximum Gasteiger partial charge on any atom is 0.490 e. The van der Waals surface area contributed by atoms with Crippen molar-refractivity contribution in [2.45, 2.75) is 31.4 Å². The smallest absolute Gasteiger partial charge is 0.475 e. The normalized spacial score (nSPS) is 16.2. The lowest BCUT2D eigenvalue weighted by atomic mass is 9.74. The summed E-state index contributed by atoms with van der Waals surface area (Å²) in [7, 11) is 1.95. The molecule has 178 valence electrons. The van der Waals surface area contributed by atoms with Gasteiger partial charge in [-0.15, -0.1) is 0 Å². The van der Waals surface area contributed by atoms with Gasteiger partial charge < -0.3 is 10.0 Å². The van der Waals surface area contributed by atoms with Crippen molar-refractivity contribution in [3.63, 3.8) is 0 Å². The molecule has 0 amide bonds. The van der Waals surface area contributed by atoms with E-state index in [0.717, 1.165) is 48.8 Å². The molecule has 3 aromatic rings. The Kier molecular flexibility index (Phi) is 6.16. The quantitative estimate of drug-likeness (QED) is 0.597. The van der Waals surface area contributed by atoms with Crippen LogP contribution in [-0.2, 0) is 17.3 Å². The van der Waals surface area contributed by atoms with Crippen LogP contribution in [0.3, 0.4) is 0 Å². The third-order valence-electron chi connectivity index (χ3n) is 6.28. The van der Waals surface area contributed by atoms with Crippen LogP contribution in [-0.4, -0.2) is 50.1 Å². The van der Waals surface area contributed by atoms with Crippen LogP contribution in [0.25, 0.3) is 17.5 Å². The van der Waals surface area contributed by atoms with Crippen LogP contribution in [0.1, 0.15) is 29.5 Å². The Labute approximate surface area is 194 Å². The monoisotopic (exact) mass is 471 g/mol. The molecule has 34 heavy (non-hydrogen) atoms. The number of nitrogens with zero attached hydrogens (tertiary/aromatic N) is 5. The van der Waals surface area contributed by atoms with E-state index in [1.54, 1.807) is 0 Å². The van der Waals surface area contributed by atoms with Gasteiger partial charge in [0.15, 0.2) is 0 Å². The zero-order valence-electron chi connectivity index (χ0n) is 18.8. The average Bonchev–Trinajstić information content (AvgIpc) is 3.39. The Morgan fingerprint density at radius 3 is 2.44 bits per heavy atom. The number of benzene rings is 1. The minimum absolute atomic E-state index is 0.183. The first-order chi connectivity index (χ1) is 16.1. The number of rotatable bonds is 2. The van der Waals surface area contributed by atoms with E-state index in [4.69, 9.17) is 14.9 Å². The van der Waals surface area contributed by atoms with Crippen molar-refractivity contribution in [2.24, 2.45) is 7.05 Å². The SMILES string of the molecule is Cc1cnc(N2CCC3(C=Cc4ccccc43)CC2)nc1-c1ccnn1C.O=C(O)C(F)(F)F. The summed E-state index contributed by atoms with van der Waals surface area (Å²) in [5, 5.41) is 11.4. The summed E-state index contributed by atoms with van der Waals surface area (Å²) in [5.74, 6) is -1.94. The summed E-state index contributed by atoms with van der Waals surface area (Å²) in [5.41, 5.74) is 6.09. The highest BCUT2D eigenvalue weighted by molar-refractivity contribution is 5.73. The van der Waals surface area contributed by atoms with E-state index < -0.39 is 12.1 Å². The number of fused-ring (bicyclic) bond motifs is 2. The minimum Gasteiger partial charge on any atom is -0.475 e. The number of aryl methyl sites for hydroxylation is 2. The molecule has 1 N–H and O–H groups in total. The lowest BCUT2D eigenvalue weighted by Gasteiger charge is -2.39. The highest BCUT2D eigenvalue weighted by Gasteiger charge is 2.39. The van der Waals surface area contributed by atoms with Gasteiger partial charge in [-0.3, -0.25) is 4.68 Å². The number of carbonyl (C=O) groups is 1. The lowest BCUT2D eigenvalue weighted by Crippen LogP contribution is -2.41. The van der Waals surface area contributed by atoms with Gasteiger partial charge in [0.2, 0.25) is 5.95 Å². The molecule has 0 unspecified atom stereocenters. The molecule has 2 aromatic heterocycles. The number of alkyl halides is 3. The van der Waals surface area contributed by atoms with Gasteiger partial charge in [-0.05, 0) is 42.5 Å². The van der Waals surface area contributed by atoms with Crippen LogP contribution in [0, 0.1) is 6.92 Å². The number of hydrogen-bond acceptors (Lipinski definition) is 5. The first kappa shape index (κ1) is 23.5. The third kappa shape index (κ3) is 4.52. The fraction of sp³-hybridized carbons (Fsp3) is 0.333. The largest absolute Gasteiger partial charge is 0.490 e. The van der Waals surface area contributed by atoms with Crippen molar-refractivity contribution in [3.05, 3.63) is 65.5 Å². The summed E-state index contributed by atoms with van der Waals surface area (Å²) in [6, 6.07) is 10.8. The predicted molar refractivity (Wildman–Crippen MR) is 121 cm³/mol. The number of aromatic nitrogens is 4. The summed E-state index contributed by atoms with van der Waals surface area (Å²) >= 11 is 0. The number of anilines is 1. The second kappa shape index (κ2) is 8.92. The molecule has 0 radical (unpaired) electrons. The van der Waals surface area contributed by atoms with Crippen LogP contribution < -0.4 is 4.90 Å². The predicted octanol–water partition coefficient (Wildman–Crippen LogP) is 4.38. The zero-order valence-corrected chi connectivity index (χ0v) is 18.8. The van der Waals surface area contributed by atoms with Gasteiger partial charge in [0.25, 0.3) is 0 Å². The van der Waals surface area contributed by atoms with Gasteiger partial charge >= 0.3 is 12.1 Å². The molecule has 10 heteroatoms. The lowest BCUT2D eigenvalue weighted by molar-refractivity contribution is -0.192. The minimum atomic E-state index is -5.08. The van der Waals surface area contributed by atoms with Crippen molar-refractivity contribution >= 4 is 18.0 Å². The highest BCUT2D eigenvalue weighted by Crippen LogP contribution is 2.44. The van der Waals surface area contributed by atoms with Gasteiger partial charge in [-0.2, -0.15) is 18.3 Å². The van der Waals surface area contributed by atoms with Gasteiger partial charge in [-0.1, -0.05) is 36.4 Å². The molecular weight excluding hydrogens is 447 g/mol. The Hall–Kier alpha value is -3.69. The zero-order chi connectivity index (χ0) is 24.5. The van der Waals surface area contributed by atoms with Crippen molar-refractivity contribution in [3.8, 4) is 11.4 Å². The van der Waals surface area contributed by atoms with Gasteiger partial charge in [0.1, 0.15) is 0 Å². The molecule has 1 aliphatic heterocycles. The summed E-state index contributed by atoms with van der Waals surface area (Å²) in [4.78, 5) is 20.7. The van der Waals surface area contributed by atoms with E-state index in [0.29, 0.717) is 0 Å². The molecule has 1 aromatic carbocycles. The van der Waals surface area contributed by atoms with Gasteiger partial charge in [0, 0.05) is 37.9 Å². The maximum atomic E-state index is 10.6. The van der Waals surface area contributed by atoms with Gasteiger partial charge in [0.05, 0.1) is 11.4 Å². The molecule has 1 fully saturated rings. The van der Waals surface area contributed by atoms with E-state index in [2.05, 4.69) is 58.3 Å². The number of allylic oxidation sites excluding steroid dienone is 1. The Morgan fingerprint density at radius 2 is 1.82 bits per heavy atom. The van der Waals surface area contributed by atoms with Crippen LogP contribution in [0.2, 0.25) is 0 Å². The van der Waals surface area contributed by atoms with Crippen molar-refractivity contribution in [1.29, 1.82) is 0 Å². The Bertz CT molecular complexity index is 1230. The number of carboxylic acid groups (broad SMARTS) is 1. The second-order valence-corrected chi connectivity index (χ2v) is 8.41. The molecule has 2 aliphatic rings. The molecule has 0 atom stereocenters. The van der Waals surface area contributed by atoms with Crippen molar-refractivity contribution < 1.29 is 23.1 Å². The van der Waals surface area contributed by atoms with Crippen LogP contribution in [0.15, 0.2) is 48.8 Å². The van der Waals surface area contributed by atoms with Crippen LogP contribution in [0.4, 0.5) is 19.1 Å². The van der Waals surface area contributed by atoms with E-state index in [1.807, 2.05) is 30.2 Å².